The van der Waals surface area contributed by atoms with Gasteiger partial charge in [-0.1, -0.05) is 6.07 Å². The highest BCUT2D eigenvalue weighted by molar-refractivity contribution is 5.94. The molecule has 0 radical (unpaired) electrons. The number of rotatable bonds is 6. The number of β-amino-alcohol motifs (C(OH)–C–C–N with tert-alkyl or cyclic N) is 1. The van der Waals surface area contributed by atoms with Gasteiger partial charge in [0, 0.05) is 36.8 Å². The van der Waals surface area contributed by atoms with Gasteiger partial charge in [-0.15, -0.1) is 5.10 Å². The lowest BCUT2D eigenvalue weighted by Gasteiger charge is -2.33. The molecule has 0 bridgehead atoms. The van der Waals surface area contributed by atoms with Crippen LogP contribution in [0, 0.1) is 6.92 Å². The summed E-state index contributed by atoms with van der Waals surface area (Å²) < 4.78 is 6.64. The number of piperidine rings is 1. The Labute approximate surface area is 196 Å². The molecule has 5 rings (SSSR count). The van der Waals surface area contributed by atoms with Gasteiger partial charge in [-0.25, -0.2) is 9.48 Å². The van der Waals surface area contributed by atoms with Gasteiger partial charge in [-0.3, -0.25) is 4.79 Å². The number of aliphatic hydroxyl groups excluding tert-OH is 1. The van der Waals surface area contributed by atoms with Crippen LogP contribution in [0.2, 0.25) is 0 Å². The van der Waals surface area contributed by atoms with Crippen LogP contribution in [-0.4, -0.2) is 67.8 Å². The van der Waals surface area contributed by atoms with Gasteiger partial charge >= 0.3 is 5.97 Å². The van der Waals surface area contributed by atoms with E-state index >= 15 is 0 Å². The second-order valence-corrected chi connectivity index (χ2v) is 8.75. The first kappa shape index (κ1) is 22.2. The number of carbonyl (C=O) groups excluding carboxylic acids is 2. The molecule has 1 atom stereocenters. The Morgan fingerprint density at radius 3 is 2.68 bits per heavy atom. The fraction of sp³-hybridized carbons (Fsp3) is 0.375. The molecular weight excluding hydrogens is 436 g/mol. The van der Waals surface area contributed by atoms with Crippen molar-refractivity contribution in [2.24, 2.45) is 0 Å². The van der Waals surface area contributed by atoms with E-state index in [1.165, 1.54) is 11.0 Å². The number of benzene rings is 2. The number of carbonyl (C=O) groups is 2. The molecular formula is C24H26N6O4. The van der Waals surface area contributed by atoms with Gasteiger partial charge in [0.15, 0.2) is 0 Å². The molecule has 1 saturated heterocycles. The number of aromatic nitrogens is 4. The molecule has 0 aliphatic carbocycles. The summed E-state index contributed by atoms with van der Waals surface area (Å²) in [6.45, 7) is 4.27. The van der Waals surface area contributed by atoms with E-state index in [9.17, 15) is 14.7 Å². The van der Waals surface area contributed by atoms with Crippen LogP contribution in [0.25, 0.3) is 5.69 Å². The third kappa shape index (κ3) is 4.42. The average molecular weight is 463 g/mol. The number of likely N-dealkylation sites (tertiary alicyclic amines) is 1. The van der Waals surface area contributed by atoms with Gasteiger partial charge in [-0.2, -0.15) is 0 Å². The number of ether oxygens (including phenoxy) is 1. The number of cyclic esters (lactones) is 1. The van der Waals surface area contributed by atoms with Crippen molar-refractivity contribution >= 4 is 11.9 Å². The molecule has 34 heavy (non-hydrogen) atoms. The first-order valence-corrected chi connectivity index (χ1v) is 11.3. The van der Waals surface area contributed by atoms with Crippen molar-refractivity contribution in [3.05, 3.63) is 70.5 Å². The number of hydrogen-bond acceptors (Lipinski definition) is 8. The van der Waals surface area contributed by atoms with Crippen LogP contribution in [0.4, 0.5) is 0 Å². The number of aliphatic hydroxyl groups is 1. The van der Waals surface area contributed by atoms with Crippen molar-refractivity contribution in [1.82, 2.24) is 30.4 Å². The molecule has 2 aliphatic rings. The van der Waals surface area contributed by atoms with Crippen molar-refractivity contribution in [2.75, 3.05) is 19.6 Å². The van der Waals surface area contributed by atoms with Gasteiger partial charge < -0.3 is 20.1 Å². The molecule has 2 aliphatic heterocycles. The highest BCUT2D eigenvalue weighted by Gasteiger charge is 2.27. The fourth-order valence-electron chi connectivity index (χ4n) is 4.65. The molecule has 10 heteroatoms. The van der Waals surface area contributed by atoms with Crippen LogP contribution in [0.15, 0.2) is 42.7 Å². The van der Waals surface area contributed by atoms with E-state index in [0.29, 0.717) is 17.7 Å². The molecule has 3 aromatic rings. The molecule has 10 nitrogen and oxygen atoms in total. The standard InChI is InChI=1S/C24H26N6O4/c1-15-19(6-7-20-21(15)13-34-24(20)33)22(31)12-29-10-8-17(9-11-29)26-23(32)16-2-4-18(5-3-16)30-14-25-27-28-30/h2-7,14,17,22,31H,8-13H2,1H3,(H,26,32)/t22-/m0/s1. The van der Waals surface area contributed by atoms with Crippen LogP contribution >= 0.6 is 0 Å². The SMILES string of the molecule is Cc1c([C@@H](O)CN2CCC(NC(=O)c3ccc(-n4cnnn4)cc3)CC2)ccc2c1COC2=O. The first-order chi connectivity index (χ1) is 16.5. The van der Waals surface area contributed by atoms with Crippen molar-refractivity contribution in [2.45, 2.75) is 38.5 Å². The molecule has 3 heterocycles. The Morgan fingerprint density at radius 2 is 1.97 bits per heavy atom. The number of amides is 1. The lowest BCUT2D eigenvalue weighted by molar-refractivity contribution is 0.0534. The average Bonchev–Trinajstić information content (AvgIpc) is 3.51. The van der Waals surface area contributed by atoms with E-state index in [0.717, 1.165) is 48.3 Å². The van der Waals surface area contributed by atoms with Crippen molar-refractivity contribution in [1.29, 1.82) is 0 Å². The van der Waals surface area contributed by atoms with Crippen molar-refractivity contribution in [3.63, 3.8) is 0 Å². The Bertz CT molecular complexity index is 1190. The zero-order valence-corrected chi connectivity index (χ0v) is 18.8. The van der Waals surface area contributed by atoms with Crippen LogP contribution in [0.3, 0.4) is 0 Å². The van der Waals surface area contributed by atoms with Crippen LogP contribution in [-0.2, 0) is 11.3 Å². The highest BCUT2D eigenvalue weighted by atomic mass is 16.5. The molecule has 0 saturated carbocycles. The van der Waals surface area contributed by atoms with Gasteiger partial charge in [0.2, 0.25) is 0 Å². The predicted molar refractivity (Wildman–Crippen MR) is 121 cm³/mol. The monoisotopic (exact) mass is 462 g/mol. The normalized spacial score (nSPS) is 17.3. The lowest BCUT2D eigenvalue weighted by atomic mass is 9.94. The Balaban J connectivity index is 1.13. The third-order valence-corrected chi connectivity index (χ3v) is 6.66. The number of hydrogen-bond donors (Lipinski definition) is 2. The van der Waals surface area contributed by atoms with E-state index in [1.54, 1.807) is 30.3 Å². The molecule has 2 aromatic carbocycles. The van der Waals surface area contributed by atoms with Gasteiger partial charge in [0.05, 0.1) is 17.4 Å². The number of tetrazole rings is 1. The van der Waals surface area contributed by atoms with Gasteiger partial charge in [0.1, 0.15) is 12.9 Å². The van der Waals surface area contributed by atoms with E-state index in [-0.39, 0.29) is 24.5 Å². The summed E-state index contributed by atoms with van der Waals surface area (Å²) in [6, 6.07) is 10.8. The highest BCUT2D eigenvalue weighted by Crippen LogP contribution is 2.29. The zero-order chi connectivity index (χ0) is 23.7. The summed E-state index contributed by atoms with van der Waals surface area (Å²) in [7, 11) is 0. The Kier molecular flexibility index (Phi) is 6.08. The maximum absolute atomic E-state index is 12.7. The summed E-state index contributed by atoms with van der Waals surface area (Å²) >= 11 is 0. The number of esters is 1. The van der Waals surface area contributed by atoms with E-state index in [4.69, 9.17) is 4.74 Å². The summed E-state index contributed by atoms with van der Waals surface area (Å²) in [5.41, 5.74) is 4.58. The Hall–Kier alpha value is -3.63. The minimum Gasteiger partial charge on any atom is -0.457 e. The molecule has 1 fully saturated rings. The molecule has 0 spiro atoms. The zero-order valence-electron chi connectivity index (χ0n) is 18.8. The molecule has 0 unspecified atom stereocenters. The molecule has 1 amide bonds. The quantitative estimate of drug-likeness (QED) is 0.530. The predicted octanol–water partition coefficient (Wildman–Crippen LogP) is 1.57. The maximum atomic E-state index is 12.7. The minimum atomic E-state index is -0.647. The molecule has 176 valence electrons. The summed E-state index contributed by atoms with van der Waals surface area (Å²) in [6.07, 6.45) is 2.48. The van der Waals surface area contributed by atoms with E-state index in [2.05, 4.69) is 25.7 Å². The second-order valence-electron chi connectivity index (χ2n) is 8.75. The second kappa shape index (κ2) is 9.32. The number of nitrogens with zero attached hydrogens (tertiary/aromatic N) is 5. The largest absolute Gasteiger partial charge is 0.457 e. The maximum Gasteiger partial charge on any atom is 0.338 e. The molecule has 1 aromatic heterocycles. The smallest absolute Gasteiger partial charge is 0.338 e. The number of fused-ring (bicyclic) bond motifs is 1. The topological polar surface area (TPSA) is 122 Å². The van der Waals surface area contributed by atoms with E-state index < -0.39 is 6.10 Å². The summed E-state index contributed by atoms with van der Waals surface area (Å²) in [5, 5.41) is 25.0. The van der Waals surface area contributed by atoms with Crippen LogP contribution < -0.4 is 5.32 Å². The van der Waals surface area contributed by atoms with Crippen molar-refractivity contribution < 1.29 is 19.4 Å². The Morgan fingerprint density at radius 1 is 1.21 bits per heavy atom. The minimum absolute atomic E-state index is 0.0879. The lowest BCUT2D eigenvalue weighted by Crippen LogP contribution is -2.45. The first-order valence-electron chi connectivity index (χ1n) is 11.3. The summed E-state index contributed by atoms with van der Waals surface area (Å²) in [4.78, 5) is 26.6. The van der Waals surface area contributed by atoms with E-state index in [1.807, 2.05) is 13.0 Å². The fourth-order valence-corrected chi connectivity index (χ4v) is 4.65. The summed E-state index contributed by atoms with van der Waals surface area (Å²) in [5.74, 6) is -0.404. The van der Waals surface area contributed by atoms with Crippen LogP contribution in [0.1, 0.15) is 56.4 Å². The number of nitrogens with one attached hydrogen (secondary N) is 1. The molecule has 2 N–H and O–H groups in total. The van der Waals surface area contributed by atoms with Crippen molar-refractivity contribution in [3.8, 4) is 5.69 Å². The van der Waals surface area contributed by atoms with Crippen LogP contribution in [0.5, 0.6) is 0 Å². The van der Waals surface area contributed by atoms with Gasteiger partial charge in [-0.05, 0) is 71.7 Å². The third-order valence-electron chi connectivity index (χ3n) is 6.66. The van der Waals surface area contributed by atoms with Gasteiger partial charge in [0.25, 0.3) is 5.91 Å².